The third-order valence-electron chi connectivity index (χ3n) is 9.00. The summed E-state index contributed by atoms with van der Waals surface area (Å²) in [6.07, 6.45) is 1.04. The molecule has 0 bridgehead atoms. The molecule has 1 saturated heterocycles. The van der Waals surface area contributed by atoms with Crippen molar-refractivity contribution in [1.82, 2.24) is 29.5 Å². The minimum absolute atomic E-state index is 0.319. The van der Waals surface area contributed by atoms with Crippen LogP contribution in [0.15, 0.2) is 60.9 Å². The number of piperazine rings is 1. The number of aliphatic hydroxyl groups excluding tert-OH is 2. The van der Waals surface area contributed by atoms with Gasteiger partial charge in [-0.05, 0) is 69.1 Å². The van der Waals surface area contributed by atoms with Gasteiger partial charge in [0.25, 0.3) is 0 Å². The van der Waals surface area contributed by atoms with Gasteiger partial charge in [-0.15, -0.1) is 0 Å². The van der Waals surface area contributed by atoms with Gasteiger partial charge in [-0.3, -0.25) is 14.5 Å². The average molecular weight is 752 g/mol. The van der Waals surface area contributed by atoms with Crippen molar-refractivity contribution >= 4 is 40.7 Å². The molecule has 0 radical (unpaired) electrons. The second-order valence-electron chi connectivity index (χ2n) is 12.9. The van der Waals surface area contributed by atoms with Crippen LogP contribution in [0.1, 0.15) is 44.6 Å². The minimum atomic E-state index is -1.79. The van der Waals surface area contributed by atoms with Gasteiger partial charge in [0, 0.05) is 37.8 Å². The summed E-state index contributed by atoms with van der Waals surface area (Å²) in [6.45, 7) is 4.68. The van der Waals surface area contributed by atoms with E-state index in [0.29, 0.717) is 17.9 Å². The van der Waals surface area contributed by atoms with E-state index >= 15 is 0 Å². The van der Waals surface area contributed by atoms with E-state index in [4.69, 9.17) is 46.2 Å². The highest BCUT2D eigenvalue weighted by Crippen LogP contribution is 2.37. The normalized spacial score (nSPS) is 18.6. The Morgan fingerprint density at radius 2 is 1.28 bits per heavy atom. The highest BCUT2D eigenvalue weighted by molar-refractivity contribution is 5.98. The number of para-hydroxylation sites is 1. The summed E-state index contributed by atoms with van der Waals surface area (Å²) < 4.78 is 8.07. The molecule has 2 aromatic heterocycles. The van der Waals surface area contributed by atoms with E-state index < -0.39 is 48.9 Å². The van der Waals surface area contributed by atoms with Crippen LogP contribution in [0.2, 0.25) is 0 Å². The molecule has 2 aromatic carbocycles. The zero-order chi connectivity index (χ0) is 39.4. The number of carboxylic acids is 4. The van der Waals surface area contributed by atoms with Crippen molar-refractivity contribution in [3.05, 3.63) is 60.9 Å². The van der Waals surface area contributed by atoms with Crippen LogP contribution in [0.5, 0.6) is 11.5 Å². The van der Waals surface area contributed by atoms with Gasteiger partial charge in [0.1, 0.15) is 29.3 Å². The van der Waals surface area contributed by atoms with E-state index in [1.54, 1.807) is 6.33 Å². The fourth-order valence-electron chi connectivity index (χ4n) is 6.12. The first-order valence-corrected chi connectivity index (χ1v) is 17.2. The number of carbonyl (C=O) groups is 4. The van der Waals surface area contributed by atoms with Gasteiger partial charge in [0.2, 0.25) is 0 Å². The quantitative estimate of drug-likeness (QED) is 0.116. The zero-order valence-corrected chi connectivity index (χ0v) is 29.6. The Bertz CT molecular complexity index is 1830. The molecule has 54 heavy (non-hydrogen) atoms. The molecule has 0 amide bonds. The van der Waals surface area contributed by atoms with Crippen LogP contribution in [-0.4, -0.2) is 136 Å². The summed E-state index contributed by atoms with van der Waals surface area (Å²) in [5.41, 5.74) is 8.99. The predicted molar refractivity (Wildman–Crippen MR) is 194 cm³/mol. The number of rotatable bonds is 11. The van der Waals surface area contributed by atoms with E-state index in [1.807, 2.05) is 54.6 Å². The molecule has 6 rings (SSSR count). The third kappa shape index (κ3) is 11.7. The summed E-state index contributed by atoms with van der Waals surface area (Å²) in [7, 11) is 2.21. The highest BCUT2D eigenvalue weighted by atomic mass is 16.5. The molecule has 8 N–H and O–H groups in total. The number of hydrogen-bond acceptors (Lipinski definition) is 13. The fourth-order valence-corrected chi connectivity index (χ4v) is 6.12. The molecule has 0 spiro atoms. The molecule has 3 heterocycles. The van der Waals surface area contributed by atoms with Crippen LogP contribution in [0.4, 0.5) is 5.82 Å². The number of nitrogens with two attached hydrogens (primary N) is 1. The molecule has 290 valence electrons. The van der Waals surface area contributed by atoms with Crippen LogP contribution in [0, 0.1) is 0 Å². The van der Waals surface area contributed by atoms with E-state index in [-0.39, 0.29) is 0 Å². The number of hydrogen-bond donors (Lipinski definition) is 7. The van der Waals surface area contributed by atoms with Crippen LogP contribution in [-0.2, 0) is 19.2 Å². The first kappa shape index (κ1) is 41.1. The Morgan fingerprint density at radius 3 is 1.78 bits per heavy atom. The molecule has 2 atom stereocenters. The van der Waals surface area contributed by atoms with Gasteiger partial charge in [0.15, 0.2) is 17.9 Å². The number of nitrogens with zero attached hydrogens (tertiary/aromatic N) is 6. The highest BCUT2D eigenvalue weighted by Gasteiger charge is 2.30. The van der Waals surface area contributed by atoms with Crippen LogP contribution < -0.4 is 10.5 Å². The van der Waals surface area contributed by atoms with Gasteiger partial charge < -0.3 is 46.0 Å². The Hall–Kier alpha value is -5.69. The number of carboxylic acid groups (broad SMARTS) is 4. The van der Waals surface area contributed by atoms with E-state index in [1.165, 1.54) is 39.0 Å². The second-order valence-corrected chi connectivity index (χ2v) is 12.9. The first-order valence-electron chi connectivity index (χ1n) is 17.2. The lowest BCUT2D eigenvalue weighted by molar-refractivity contribution is -0.153. The topological polar surface area (TPSA) is 275 Å². The van der Waals surface area contributed by atoms with Gasteiger partial charge >= 0.3 is 23.9 Å². The monoisotopic (exact) mass is 751 g/mol. The number of likely N-dealkylation sites (N-methyl/N-ethyl adjacent to an activating group) is 1. The van der Waals surface area contributed by atoms with Crippen molar-refractivity contribution in [2.45, 2.75) is 62.8 Å². The third-order valence-corrected chi connectivity index (χ3v) is 9.00. The molecule has 4 aromatic rings. The maximum Gasteiger partial charge on any atom is 0.333 e. The predicted octanol–water partition coefficient (Wildman–Crippen LogP) is 2.41. The van der Waals surface area contributed by atoms with Crippen molar-refractivity contribution in [3.8, 4) is 22.8 Å². The van der Waals surface area contributed by atoms with E-state index in [0.717, 1.165) is 46.6 Å². The van der Waals surface area contributed by atoms with Crippen LogP contribution >= 0.6 is 0 Å². The summed E-state index contributed by atoms with van der Waals surface area (Å²) in [6, 6.07) is 18.8. The Morgan fingerprint density at radius 1 is 0.759 bits per heavy atom. The van der Waals surface area contributed by atoms with Crippen LogP contribution in [0.25, 0.3) is 22.3 Å². The number of aromatic nitrogens is 4. The number of fused-ring (bicyclic) bond motifs is 1. The maximum absolute atomic E-state index is 9.72. The summed E-state index contributed by atoms with van der Waals surface area (Å²) in [4.78, 5) is 52.8. The number of ether oxygens (including phenoxy) is 1. The lowest BCUT2D eigenvalue weighted by Gasteiger charge is -2.41. The summed E-state index contributed by atoms with van der Waals surface area (Å²) in [5, 5.41) is 54.2. The second kappa shape index (κ2) is 19.4. The lowest BCUT2D eigenvalue weighted by atomic mass is 9.90. The van der Waals surface area contributed by atoms with Crippen molar-refractivity contribution in [2.75, 3.05) is 39.0 Å². The van der Waals surface area contributed by atoms with E-state index in [2.05, 4.69) is 31.5 Å². The number of nitrogen functional groups attached to an aromatic ring is 1. The largest absolute Gasteiger partial charge is 0.481 e. The lowest BCUT2D eigenvalue weighted by Crippen LogP contribution is -2.49. The van der Waals surface area contributed by atoms with Crippen molar-refractivity contribution in [3.63, 3.8) is 0 Å². The maximum atomic E-state index is 9.72. The summed E-state index contributed by atoms with van der Waals surface area (Å²) in [5.74, 6) is -3.63. The van der Waals surface area contributed by atoms with Crippen molar-refractivity contribution in [1.29, 1.82) is 0 Å². The molecule has 1 saturated carbocycles. The van der Waals surface area contributed by atoms with Gasteiger partial charge in [-0.25, -0.2) is 24.2 Å². The van der Waals surface area contributed by atoms with Gasteiger partial charge in [0.05, 0.1) is 24.3 Å². The molecule has 2 fully saturated rings. The van der Waals surface area contributed by atoms with Gasteiger partial charge in [-0.2, -0.15) is 5.10 Å². The molecule has 2 aliphatic rings. The molecular weight excluding hydrogens is 706 g/mol. The number of aliphatic hydroxyl groups is 2. The molecule has 1 aliphatic heterocycles. The molecular formula is C36H45N7O11. The van der Waals surface area contributed by atoms with Crippen molar-refractivity contribution in [2.24, 2.45) is 0 Å². The number of anilines is 1. The minimum Gasteiger partial charge on any atom is -0.481 e. The Labute approximate surface area is 310 Å². The Balaban J connectivity index is 0.000000300. The van der Waals surface area contributed by atoms with Gasteiger partial charge in [-0.1, -0.05) is 18.2 Å². The summed E-state index contributed by atoms with van der Waals surface area (Å²) >= 11 is 0. The molecule has 2 unspecified atom stereocenters. The van der Waals surface area contributed by atoms with Crippen LogP contribution in [0.3, 0.4) is 0 Å². The average Bonchev–Trinajstić information content (AvgIpc) is 3.54. The Kier molecular flexibility index (Phi) is 14.8. The number of aliphatic carboxylic acids is 4. The zero-order valence-electron chi connectivity index (χ0n) is 29.6. The molecule has 18 heteroatoms. The van der Waals surface area contributed by atoms with Crippen molar-refractivity contribution < 1.29 is 54.6 Å². The SMILES string of the molecule is CN1CCN(C2CCC(n3nc(-c4ccc(Oc5ccccc5)cc4)c4c(N)ncnc43)CC2)CC1.O=C(O)CC(O)C(=O)O.O=C(O)CC(O)C(=O)O. The molecule has 18 nitrogen and oxygen atoms in total. The fraction of sp³-hybridized carbons (Fsp3) is 0.417. The number of benzene rings is 2. The standard InChI is InChI=1S/C28H33N7O.2C4H6O5/c1-33-15-17-34(18-16-33)21-9-11-22(12-10-21)35-28-25(27(29)30-19-31-28)26(32-35)20-7-13-24(14-8-20)36-23-5-3-2-4-6-23;2*5-2(4(8)9)1-3(6)7/h2-8,13-14,19,21-22H,9-12,15-18H2,1H3,(H2,29,30,31);2*2,5H,1H2,(H,6,7)(H,8,9). The first-order chi connectivity index (χ1) is 25.7. The molecule has 1 aliphatic carbocycles. The van der Waals surface area contributed by atoms with E-state index in [9.17, 15) is 19.2 Å². The smallest absolute Gasteiger partial charge is 0.333 e.